The van der Waals surface area contributed by atoms with Gasteiger partial charge < -0.3 is 5.73 Å². The SMILES string of the molecule is CC1(C)[C@@H](N)[C@@H]1CCn1cncn1. The monoisotopic (exact) mass is 180 g/mol. The third-order valence-electron chi connectivity index (χ3n) is 3.27. The van der Waals surface area contributed by atoms with E-state index in [1.54, 1.807) is 12.7 Å². The van der Waals surface area contributed by atoms with Crippen LogP contribution in [0.25, 0.3) is 0 Å². The normalized spacial score (nSPS) is 30.4. The van der Waals surface area contributed by atoms with Gasteiger partial charge in [0, 0.05) is 12.6 Å². The van der Waals surface area contributed by atoms with Gasteiger partial charge >= 0.3 is 0 Å². The number of aromatic nitrogens is 3. The summed E-state index contributed by atoms with van der Waals surface area (Å²) >= 11 is 0. The number of aryl methyl sites for hydroxylation is 1. The summed E-state index contributed by atoms with van der Waals surface area (Å²) < 4.78 is 1.86. The van der Waals surface area contributed by atoms with Crippen molar-refractivity contribution in [1.29, 1.82) is 0 Å². The Hall–Kier alpha value is -0.900. The Kier molecular flexibility index (Phi) is 1.87. The predicted molar refractivity (Wildman–Crippen MR) is 49.9 cm³/mol. The lowest BCUT2D eigenvalue weighted by Crippen LogP contribution is -2.07. The summed E-state index contributed by atoms with van der Waals surface area (Å²) in [5.41, 5.74) is 6.27. The molecule has 1 fully saturated rings. The molecule has 0 unspecified atom stereocenters. The van der Waals surface area contributed by atoms with Crippen LogP contribution in [0.4, 0.5) is 0 Å². The predicted octanol–water partition coefficient (Wildman–Crippen LogP) is 0.651. The second-order valence-electron chi connectivity index (χ2n) is 4.40. The van der Waals surface area contributed by atoms with E-state index in [4.69, 9.17) is 5.73 Å². The lowest BCUT2D eigenvalue weighted by Gasteiger charge is -2.01. The van der Waals surface area contributed by atoms with Crippen LogP contribution in [-0.2, 0) is 6.54 Å². The lowest BCUT2D eigenvalue weighted by atomic mass is 10.1. The van der Waals surface area contributed by atoms with Gasteiger partial charge in [-0.3, -0.25) is 4.68 Å². The summed E-state index contributed by atoms with van der Waals surface area (Å²) in [5.74, 6) is 0.650. The lowest BCUT2D eigenvalue weighted by molar-refractivity contribution is 0.476. The molecule has 0 radical (unpaired) electrons. The van der Waals surface area contributed by atoms with Crippen molar-refractivity contribution in [3.63, 3.8) is 0 Å². The quantitative estimate of drug-likeness (QED) is 0.743. The fourth-order valence-electron chi connectivity index (χ4n) is 1.96. The van der Waals surface area contributed by atoms with Crippen molar-refractivity contribution in [1.82, 2.24) is 14.8 Å². The van der Waals surface area contributed by atoms with Crippen LogP contribution in [0, 0.1) is 11.3 Å². The van der Waals surface area contributed by atoms with Crippen LogP contribution >= 0.6 is 0 Å². The van der Waals surface area contributed by atoms with E-state index in [0.29, 0.717) is 17.4 Å². The summed E-state index contributed by atoms with van der Waals surface area (Å²) in [6.45, 7) is 5.38. The van der Waals surface area contributed by atoms with Crippen molar-refractivity contribution in [2.24, 2.45) is 17.1 Å². The minimum atomic E-state index is 0.334. The topological polar surface area (TPSA) is 56.7 Å². The molecule has 13 heavy (non-hydrogen) atoms. The number of rotatable bonds is 3. The van der Waals surface area contributed by atoms with Crippen molar-refractivity contribution >= 4 is 0 Å². The molecule has 0 aliphatic heterocycles. The molecule has 72 valence electrons. The highest BCUT2D eigenvalue weighted by atomic mass is 15.3. The van der Waals surface area contributed by atoms with E-state index in [0.717, 1.165) is 13.0 Å². The van der Waals surface area contributed by atoms with E-state index in [2.05, 4.69) is 23.9 Å². The molecule has 4 nitrogen and oxygen atoms in total. The van der Waals surface area contributed by atoms with Crippen LogP contribution < -0.4 is 5.73 Å². The van der Waals surface area contributed by atoms with E-state index in [-0.39, 0.29) is 0 Å². The number of nitrogens with two attached hydrogens (primary N) is 1. The van der Waals surface area contributed by atoms with Crippen molar-refractivity contribution < 1.29 is 0 Å². The first-order chi connectivity index (χ1) is 6.12. The third kappa shape index (κ3) is 1.46. The summed E-state index contributed by atoms with van der Waals surface area (Å²) in [7, 11) is 0. The van der Waals surface area contributed by atoms with Crippen LogP contribution in [0.5, 0.6) is 0 Å². The maximum Gasteiger partial charge on any atom is 0.137 e. The Bertz CT molecular complexity index is 278. The molecule has 0 saturated heterocycles. The second-order valence-corrected chi connectivity index (χ2v) is 4.40. The molecule has 0 spiro atoms. The van der Waals surface area contributed by atoms with Crippen LogP contribution in [0.2, 0.25) is 0 Å². The maximum atomic E-state index is 5.94. The van der Waals surface area contributed by atoms with Crippen molar-refractivity contribution in [3.8, 4) is 0 Å². The zero-order chi connectivity index (χ0) is 9.47. The van der Waals surface area contributed by atoms with Crippen molar-refractivity contribution in [2.75, 3.05) is 0 Å². The maximum absolute atomic E-state index is 5.94. The molecule has 1 saturated carbocycles. The van der Waals surface area contributed by atoms with Gasteiger partial charge in [-0.1, -0.05) is 13.8 Å². The van der Waals surface area contributed by atoms with Gasteiger partial charge in [0.2, 0.25) is 0 Å². The molecule has 1 aromatic heterocycles. The van der Waals surface area contributed by atoms with Gasteiger partial charge in [0.15, 0.2) is 0 Å². The molecular weight excluding hydrogens is 164 g/mol. The van der Waals surface area contributed by atoms with Crippen LogP contribution in [0.15, 0.2) is 12.7 Å². The van der Waals surface area contributed by atoms with E-state index in [1.807, 2.05) is 4.68 Å². The minimum absolute atomic E-state index is 0.334. The summed E-state index contributed by atoms with van der Waals surface area (Å²) in [4.78, 5) is 3.90. The highest BCUT2D eigenvalue weighted by molar-refractivity contribution is 5.08. The first-order valence-corrected chi connectivity index (χ1v) is 4.70. The minimum Gasteiger partial charge on any atom is -0.327 e. The summed E-state index contributed by atoms with van der Waals surface area (Å²) in [6.07, 6.45) is 4.43. The van der Waals surface area contributed by atoms with Gasteiger partial charge in [0.1, 0.15) is 12.7 Å². The highest BCUT2D eigenvalue weighted by Crippen LogP contribution is 2.52. The Morgan fingerprint density at radius 3 is 2.69 bits per heavy atom. The number of hydrogen-bond acceptors (Lipinski definition) is 3. The first kappa shape index (κ1) is 8.69. The van der Waals surface area contributed by atoms with Crippen LogP contribution in [-0.4, -0.2) is 20.8 Å². The second kappa shape index (κ2) is 2.80. The Morgan fingerprint density at radius 1 is 1.54 bits per heavy atom. The molecule has 0 aromatic carbocycles. The molecule has 4 heteroatoms. The first-order valence-electron chi connectivity index (χ1n) is 4.70. The number of hydrogen-bond donors (Lipinski definition) is 1. The van der Waals surface area contributed by atoms with Crippen LogP contribution in [0.1, 0.15) is 20.3 Å². The molecule has 1 aliphatic rings. The zero-order valence-electron chi connectivity index (χ0n) is 8.14. The Morgan fingerprint density at radius 2 is 2.23 bits per heavy atom. The molecule has 2 N–H and O–H groups in total. The highest BCUT2D eigenvalue weighted by Gasteiger charge is 2.54. The molecular formula is C9H16N4. The van der Waals surface area contributed by atoms with E-state index in [1.165, 1.54) is 0 Å². The van der Waals surface area contributed by atoms with Gasteiger partial charge in [0.05, 0.1) is 0 Å². The van der Waals surface area contributed by atoms with E-state index < -0.39 is 0 Å². The smallest absolute Gasteiger partial charge is 0.137 e. The standard InChI is InChI=1S/C9H16N4/c1-9(2)7(8(9)10)3-4-13-6-11-5-12-13/h5-8H,3-4,10H2,1-2H3/t7-,8-/m0/s1. The average Bonchev–Trinajstić information content (AvgIpc) is 2.57. The van der Waals surface area contributed by atoms with Crippen molar-refractivity contribution in [3.05, 3.63) is 12.7 Å². The molecule has 2 rings (SSSR count). The molecule has 1 aliphatic carbocycles. The van der Waals surface area contributed by atoms with Gasteiger partial charge in [-0.25, -0.2) is 4.98 Å². The number of nitrogens with zero attached hydrogens (tertiary/aromatic N) is 3. The molecule has 2 atom stereocenters. The molecule has 0 bridgehead atoms. The van der Waals surface area contributed by atoms with Gasteiger partial charge in [-0.05, 0) is 17.8 Å². The molecule has 0 amide bonds. The van der Waals surface area contributed by atoms with Crippen LogP contribution in [0.3, 0.4) is 0 Å². The van der Waals surface area contributed by atoms with E-state index >= 15 is 0 Å². The third-order valence-corrected chi connectivity index (χ3v) is 3.27. The molecule has 1 heterocycles. The van der Waals surface area contributed by atoms with E-state index in [9.17, 15) is 0 Å². The molecule has 1 aromatic rings. The van der Waals surface area contributed by atoms with Gasteiger partial charge in [-0.15, -0.1) is 0 Å². The summed E-state index contributed by atoms with van der Waals surface area (Å²) in [5, 5.41) is 4.05. The fourth-order valence-corrected chi connectivity index (χ4v) is 1.96. The summed E-state index contributed by atoms with van der Waals surface area (Å²) in [6, 6.07) is 0.371. The average molecular weight is 180 g/mol. The zero-order valence-corrected chi connectivity index (χ0v) is 8.14. The fraction of sp³-hybridized carbons (Fsp3) is 0.778. The Balaban J connectivity index is 1.83. The van der Waals surface area contributed by atoms with Crippen molar-refractivity contribution in [2.45, 2.75) is 32.9 Å². The van der Waals surface area contributed by atoms with Gasteiger partial charge in [-0.2, -0.15) is 5.10 Å². The Labute approximate surface area is 78.1 Å². The van der Waals surface area contributed by atoms with Gasteiger partial charge in [0.25, 0.3) is 0 Å². The largest absolute Gasteiger partial charge is 0.327 e.